The van der Waals surface area contributed by atoms with Crippen LogP contribution in [0.2, 0.25) is 0 Å². The van der Waals surface area contributed by atoms with Crippen molar-refractivity contribution in [3.05, 3.63) is 17.5 Å². The number of hydrogen-bond acceptors (Lipinski definition) is 2. The first-order chi connectivity index (χ1) is 7.22. The quantitative estimate of drug-likeness (QED) is 0.781. The van der Waals surface area contributed by atoms with Gasteiger partial charge >= 0.3 is 0 Å². The van der Waals surface area contributed by atoms with E-state index in [-0.39, 0.29) is 0 Å². The fourth-order valence-corrected chi connectivity index (χ4v) is 1.84. The van der Waals surface area contributed by atoms with Gasteiger partial charge in [-0.3, -0.25) is 4.68 Å². The minimum atomic E-state index is 0.476. The zero-order chi connectivity index (χ0) is 11.3. The molecule has 0 bridgehead atoms. The highest BCUT2D eigenvalue weighted by Gasteiger charge is 2.10. The largest absolute Gasteiger partial charge is 0.330 e. The SMILES string of the molecule is CCc1cc(CC)n(C(C)CCCN)n1. The van der Waals surface area contributed by atoms with Gasteiger partial charge in [0.15, 0.2) is 0 Å². The zero-order valence-corrected chi connectivity index (χ0v) is 10.2. The van der Waals surface area contributed by atoms with Gasteiger partial charge in [0.25, 0.3) is 0 Å². The van der Waals surface area contributed by atoms with Gasteiger partial charge < -0.3 is 5.73 Å². The van der Waals surface area contributed by atoms with Crippen LogP contribution < -0.4 is 5.73 Å². The van der Waals surface area contributed by atoms with Gasteiger partial charge in [-0.25, -0.2) is 0 Å². The normalized spacial score (nSPS) is 13.1. The van der Waals surface area contributed by atoms with Gasteiger partial charge in [-0.05, 0) is 45.2 Å². The molecule has 1 aromatic heterocycles. The number of aromatic nitrogens is 2. The molecule has 0 amide bonds. The van der Waals surface area contributed by atoms with E-state index in [1.165, 1.54) is 11.4 Å². The standard InChI is InChI=1S/C12H23N3/c1-4-11-9-12(5-2)15(14-11)10(3)7-6-8-13/h9-10H,4-8,13H2,1-3H3. The van der Waals surface area contributed by atoms with Crippen molar-refractivity contribution in [2.24, 2.45) is 5.73 Å². The Morgan fingerprint density at radius 2 is 2.13 bits per heavy atom. The number of aryl methyl sites for hydroxylation is 2. The van der Waals surface area contributed by atoms with Crippen molar-refractivity contribution >= 4 is 0 Å². The Hall–Kier alpha value is -0.830. The Bertz CT molecular complexity index is 291. The number of hydrogen-bond donors (Lipinski definition) is 1. The summed E-state index contributed by atoms with van der Waals surface area (Å²) >= 11 is 0. The Kier molecular flexibility index (Phi) is 4.82. The summed E-state index contributed by atoms with van der Waals surface area (Å²) in [6.45, 7) is 7.33. The molecule has 0 aliphatic rings. The van der Waals surface area contributed by atoms with Gasteiger partial charge in [-0.1, -0.05) is 13.8 Å². The summed E-state index contributed by atoms with van der Waals surface area (Å²) < 4.78 is 2.18. The molecule has 0 spiro atoms. The van der Waals surface area contributed by atoms with E-state index >= 15 is 0 Å². The van der Waals surface area contributed by atoms with Crippen LogP contribution in [0.4, 0.5) is 0 Å². The first kappa shape index (κ1) is 12.2. The van der Waals surface area contributed by atoms with Crippen LogP contribution in [-0.4, -0.2) is 16.3 Å². The molecule has 1 unspecified atom stereocenters. The molecule has 1 heterocycles. The van der Waals surface area contributed by atoms with Crippen LogP contribution in [0, 0.1) is 0 Å². The lowest BCUT2D eigenvalue weighted by atomic mass is 10.2. The minimum absolute atomic E-state index is 0.476. The molecule has 1 atom stereocenters. The van der Waals surface area contributed by atoms with Gasteiger partial charge in [0.1, 0.15) is 0 Å². The van der Waals surface area contributed by atoms with Crippen molar-refractivity contribution in [1.82, 2.24) is 9.78 Å². The lowest BCUT2D eigenvalue weighted by Crippen LogP contribution is -2.12. The molecule has 1 aromatic rings. The molecule has 0 radical (unpaired) electrons. The second-order valence-corrected chi connectivity index (χ2v) is 4.06. The van der Waals surface area contributed by atoms with Gasteiger partial charge in [-0.15, -0.1) is 0 Å². The topological polar surface area (TPSA) is 43.8 Å². The maximum absolute atomic E-state index is 5.53. The average Bonchev–Trinajstić information content (AvgIpc) is 2.69. The summed E-state index contributed by atoms with van der Waals surface area (Å²) in [4.78, 5) is 0. The smallest absolute Gasteiger partial charge is 0.0624 e. The van der Waals surface area contributed by atoms with Gasteiger partial charge in [0, 0.05) is 11.7 Å². The van der Waals surface area contributed by atoms with Crippen molar-refractivity contribution in [2.45, 2.75) is 52.5 Å². The molecule has 3 nitrogen and oxygen atoms in total. The van der Waals surface area contributed by atoms with E-state index in [4.69, 9.17) is 5.73 Å². The first-order valence-corrected chi connectivity index (χ1v) is 6.00. The van der Waals surface area contributed by atoms with Crippen LogP contribution in [0.1, 0.15) is 51.0 Å². The molecule has 0 saturated carbocycles. The van der Waals surface area contributed by atoms with Gasteiger partial charge in [0.2, 0.25) is 0 Å². The minimum Gasteiger partial charge on any atom is -0.330 e. The van der Waals surface area contributed by atoms with Crippen molar-refractivity contribution in [3.63, 3.8) is 0 Å². The highest BCUT2D eigenvalue weighted by Crippen LogP contribution is 2.17. The third-order valence-electron chi connectivity index (χ3n) is 2.83. The highest BCUT2D eigenvalue weighted by molar-refractivity contribution is 5.11. The second-order valence-electron chi connectivity index (χ2n) is 4.06. The molecule has 0 aliphatic carbocycles. The van der Waals surface area contributed by atoms with Crippen LogP contribution in [0.15, 0.2) is 6.07 Å². The summed E-state index contributed by atoms with van der Waals surface area (Å²) in [5.74, 6) is 0. The van der Waals surface area contributed by atoms with Crippen molar-refractivity contribution in [1.29, 1.82) is 0 Å². The fourth-order valence-electron chi connectivity index (χ4n) is 1.84. The predicted molar refractivity (Wildman–Crippen MR) is 64.0 cm³/mol. The molecule has 0 fully saturated rings. The lowest BCUT2D eigenvalue weighted by molar-refractivity contribution is 0.433. The average molecular weight is 209 g/mol. The van der Waals surface area contributed by atoms with Gasteiger partial charge in [-0.2, -0.15) is 5.10 Å². The summed E-state index contributed by atoms with van der Waals surface area (Å²) in [5, 5.41) is 4.63. The van der Waals surface area contributed by atoms with E-state index in [1.54, 1.807) is 0 Å². The molecule has 1 rings (SSSR count). The molecule has 86 valence electrons. The van der Waals surface area contributed by atoms with E-state index in [1.807, 2.05) is 0 Å². The zero-order valence-electron chi connectivity index (χ0n) is 10.2. The molecule has 15 heavy (non-hydrogen) atoms. The Balaban J connectivity index is 2.76. The monoisotopic (exact) mass is 209 g/mol. The van der Waals surface area contributed by atoms with E-state index in [0.29, 0.717) is 6.04 Å². The molecular formula is C12H23N3. The molecule has 0 aromatic carbocycles. The molecule has 0 saturated heterocycles. The van der Waals surface area contributed by atoms with Crippen LogP contribution in [0.5, 0.6) is 0 Å². The Morgan fingerprint density at radius 3 is 2.67 bits per heavy atom. The summed E-state index contributed by atoms with van der Waals surface area (Å²) in [5.41, 5.74) is 8.07. The van der Waals surface area contributed by atoms with Gasteiger partial charge in [0.05, 0.1) is 5.69 Å². The molecule has 2 N–H and O–H groups in total. The highest BCUT2D eigenvalue weighted by atomic mass is 15.3. The van der Waals surface area contributed by atoms with Crippen LogP contribution in [0.25, 0.3) is 0 Å². The van der Waals surface area contributed by atoms with E-state index in [0.717, 1.165) is 32.2 Å². The number of nitrogens with two attached hydrogens (primary N) is 1. The third kappa shape index (κ3) is 3.06. The van der Waals surface area contributed by atoms with E-state index in [2.05, 4.69) is 36.6 Å². The van der Waals surface area contributed by atoms with E-state index < -0.39 is 0 Å². The van der Waals surface area contributed by atoms with Crippen LogP contribution >= 0.6 is 0 Å². The Morgan fingerprint density at radius 1 is 1.40 bits per heavy atom. The lowest BCUT2D eigenvalue weighted by Gasteiger charge is -2.14. The third-order valence-corrected chi connectivity index (χ3v) is 2.83. The number of nitrogens with zero attached hydrogens (tertiary/aromatic N) is 2. The second kappa shape index (κ2) is 5.91. The van der Waals surface area contributed by atoms with Crippen molar-refractivity contribution in [2.75, 3.05) is 6.54 Å². The maximum Gasteiger partial charge on any atom is 0.0624 e. The summed E-state index contributed by atoms with van der Waals surface area (Å²) in [7, 11) is 0. The number of rotatable bonds is 6. The predicted octanol–water partition coefficient (Wildman–Crippen LogP) is 2.31. The molecule has 3 heteroatoms. The Labute approximate surface area is 92.7 Å². The fraction of sp³-hybridized carbons (Fsp3) is 0.750. The maximum atomic E-state index is 5.53. The molecule has 0 aliphatic heterocycles. The van der Waals surface area contributed by atoms with Crippen LogP contribution in [-0.2, 0) is 12.8 Å². The van der Waals surface area contributed by atoms with Crippen molar-refractivity contribution < 1.29 is 0 Å². The summed E-state index contributed by atoms with van der Waals surface area (Å²) in [6, 6.07) is 2.70. The summed E-state index contributed by atoms with van der Waals surface area (Å²) in [6.07, 6.45) is 4.27. The van der Waals surface area contributed by atoms with Crippen LogP contribution in [0.3, 0.4) is 0 Å². The first-order valence-electron chi connectivity index (χ1n) is 6.00. The van der Waals surface area contributed by atoms with Crippen molar-refractivity contribution in [3.8, 4) is 0 Å². The van der Waals surface area contributed by atoms with E-state index in [9.17, 15) is 0 Å². The molecular weight excluding hydrogens is 186 g/mol.